The molecule has 1 aliphatic rings. The second kappa shape index (κ2) is 7.48. The maximum absolute atomic E-state index is 11.9. The van der Waals surface area contributed by atoms with E-state index in [-0.39, 0.29) is 24.5 Å². The van der Waals surface area contributed by atoms with Crippen molar-refractivity contribution in [2.45, 2.75) is 46.1 Å². The molecular formula is C14H25NO4. The Morgan fingerprint density at radius 3 is 2.32 bits per heavy atom. The minimum Gasteiger partial charge on any atom is -0.481 e. The van der Waals surface area contributed by atoms with Crippen LogP contribution in [0.4, 0.5) is 0 Å². The first-order chi connectivity index (χ1) is 8.90. The van der Waals surface area contributed by atoms with Gasteiger partial charge in [-0.15, -0.1) is 0 Å². The second-order valence-electron chi connectivity index (χ2n) is 5.74. The third kappa shape index (κ3) is 5.59. The molecule has 1 atom stereocenters. The Balaban J connectivity index is 2.26. The molecule has 0 aromatic rings. The normalized spacial score (nSPS) is 18.6. The smallest absolute Gasteiger partial charge is 0.306 e. The summed E-state index contributed by atoms with van der Waals surface area (Å²) in [7, 11) is 0. The number of hydrogen-bond acceptors (Lipinski definition) is 3. The fraction of sp³-hybridized carbons (Fsp3) is 0.857. The van der Waals surface area contributed by atoms with Crippen LogP contribution in [0.15, 0.2) is 0 Å². The van der Waals surface area contributed by atoms with Crippen LogP contribution >= 0.6 is 0 Å². The number of rotatable bonds is 6. The first-order valence-corrected chi connectivity index (χ1v) is 7.02. The van der Waals surface area contributed by atoms with E-state index < -0.39 is 5.97 Å². The maximum atomic E-state index is 11.9. The van der Waals surface area contributed by atoms with E-state index in [0.29, 0.717) is 31.8 Å². The summed E-state index contributed by atoms with van der Waals surface area (Å²) in [6, 6.07) is 0. The van der Waals surface area contributed by atoms with Crippen LogP contribution in [-0.2, 0) is 14.3 Å². The summed E-state index contributed by atoms with van der Waals surface area (Å²) in [6.07, 6.45) is 2.11. The molecular weight excluding hydrogens is 246 g/mol. The highest BCUT2D eigenvalue weighted by Crippen LogP contribution is 2.17. The van der Waals surface area contributed by atoms with Crippen LogP contribution in [0, 0.1) is 11.8 Å². The molecule has 5 nitrogen and oxygen atoms in total. The van der Waals surface area contributed by atoms with Gasteiger partial charge in [0, 0.05) is 13.1 Å². The lowest BCUT2D eigenvalue weighted by Crippen LogP contribution is -2.42. The molecule has 0 aromatic heterocycles. The van der Waals surface area contributed by atoms with Gasteiger partial charge in [0.25, 0.3) is 0 Å². The first-order valence-electron chi connectivity index (χ1n) is 7.02. The van der Waals surface area contributed by atoms with Crippen molar-refractivity contribution in [1.82, 2.24) is 4.90 Å². The molecule has 0 aromatic carbocycles. The molecule has 1 aliphatic heterocycles. The minimum absolute atomic E-state index is 0.0283. The minimum atomic E-state index is -0.756. The van der Waals surface area contributed by atoms with E-state index in [1.54, 1.807) is 4.90 Å². The topological polar surface area (TPSA) is 66.8 Å². The molecule has 0 saturated carbocycles. The number of carboxylic acids is 1. The number of hydrogen-bond donors (Lipinski definition) is 1. The molecule has 1 rings (SSSR count). The predicted molar refractivity (Wildman–Crippen MR) is 71.8 cm³/mol. The number of likely N-dealkylation sites (tertiary alicyclic amines) is 1. The van der Waals surface area contributed by atoms with Gasteiger partial charge in [-0.2, -0.15) is 0 Å². The van der Waals surface area contributed by atoms with Gasteiger partial charge in [-0.1, -0.05) is 13.8 Å². The molecule has 1 N–H and O–H groups in total. The Morgan fingerprint density at radius 2 is 1.84 bits per heavy atom. The van der Waals surface area contributed by atoms with E-state index in [9.17, 15) is 9.59 Å². The van der Waals surface area contributed by atoms with Crippen molar-refractivity contribution in [2.75, 3.05) is 19.7 Å². The lowest BCUT2D eigenvalue weighted by Gasteiger charge is -2.30. The molecule has 0 radical (unpaired) electrons. The SMILES string of the molecule is CC(C)CC(C)OCC(=O)N1CCC(C(=O)O)CC1. The summed E-state index contributed by atoms with van der Waals surface area (Å²) in [4.78, 5) is 24.4. The van der Waals surface area contributed by atoms with Gasteiger partial charge >= 0.3 is 5.97 Å². The molecule has 1 saturated heterocycles. The van der Waals surface area contributed by atoms with Crippen molar-refractivity contribution in [3.05, 3.63) is 0 Å². The third-order valence-electron chi connectivity index (χ3n) is 3.49. The number of carboxylic acid groups (broad SMARTS) is 1. The van der Waals surface area contributed by atoms with Gasteiger partial charge in [-0.3, -0.25) is 9.59 Å². The van der Waals surface area contributed by atoms with Gasteiger partial charge in [-0.05, 0) is 32.1 Å². The van der Waals surface area contributed by atoms with Gasteiger partial charge in [0.1, 0.15) is 6.61 Å². The van der Waals surface area contributed by atoms with Crippen molar-refractivity contribution in [1.29, 1.82) is 0 Å². The van der Waals surface area contributed by atoms with Crippen molar-refractivity contribution in [3.8, 4) is 0 Å². The number of carbonyl (C=O) groups excluding carboxylic acids is 1. The highest BCUT2D eigenvalue weighted by atomic mass is 16.5. The summed E-state index contributed by atoms with van der Waals surface area (Å²) in [5.41, 5.74) is 0. The highest BCUT2D eigenvalue weighted by Gasteiger charge is 2.27. The third-order valence-corrected chi connectivity index (χ3v) is 3.49. The molecule has 1 heterocycles. The van der Waals surface area contributed by atoms with E-state index in [1.807, 2.05) is 6.92 Å². The lowest BCUT2D eigenvalue weighted by molar-refractivity contribution is -0.147. The standard InChI is InChI=1S/C14H25NO4/c1-10(2)8-11(3)19-9-13(16)15-6-4-12(5-7-15)14(17)18/h10-12H,4-9H2,1-3H3,(H,17,18). The van der Waals surface area contributed by atoms with Gasteiger partial charge in [0.05, 0.1) is 12.0 Å². The molecule has 5 heteroatoms. The zero-order valence-corrected chi connectivity index (χ0v) is 12.1. The largest absolute Gasteiger partial charge is 0.481 e. The maximum Gasteiger partial charge on any atom is 0.306 e. The van der Waals surface area contributed by atoms with Crippen LogP contribution in [0.3, 0.4) is 0 Å². The molecule has 0 aliphatic carbocycles. The van der Waals surface area contributed by atoms with E-state index in [1.165, 1.54) is 0 Å². The fourth-order valence-corrected chi connectivity index (χ4v) is 2.41. The summed E-state index contributed by atoms with van der Waals surface area (Å²) in [6.45, 7) is 7.38. The fourth-order valence-electron chi connectivity index (χ4n) is 2.41. The highest BCUT2D eigenvalue weighted by molar-refractivity contribution is 5.78. The van der Waals surface area contributed by atoms with Crippen molar-refractivity contribution in [2.24, 2.45) is 11.8 Å². The van der Waals surface area contributed by atoms with E-state index in [0.717, 1.165) is 6.42 Å². The van der Waals surface area contributed by atoms with Crippen LogP contribution in [0.25, 0.3) is 0 Å². The number of carbonyl (C=O) groups is 2. The number of ether oxygens (including phenoxy) is 1. The van der Waals surface area contributed by atoms with Gasteiger partial charge in [-0.25, -0.2) is 0 Å². The summed E-state index contributed by atoms with van der Waals surface area (Å²) < 4.78 is 5.53. The van der Waals surface area contributed by atoms with Crippen LogP contribution in [0.5, 0.6) is 0 Å². The van der Waals surface area contributed by atoms with Gasteiger partial charge in [0.2, 0.25) is 5.91 Å². The Labute approximate surface area is 114 Å². The van der Waals surface area contributed by atoms with E-state index >= 15 is 0 Å². The van der Waals surface area contributed by atoms with Gasteiger partial charge in [0.15, 0.2) is 0 Å². The Morgan fingerprint density at radius 1 is 1.26 bits per heavy atom. The first kappa shape index (κ1) is 16.0. The van der Waals surface area contributed by atoms with E-state index in [4.69, 9.17) is 9.84 Å². The van der Waals surface area contributed by atoms with Gasteiger partial charge < -0.3 is 14.7 Å². The summed E-state index contributed by atoms with van der Waals surface area (Å²) in [5, 5.41) is 8.89. The average molecular weight is 271 g/mol. The second-order valence-corrected chi connectivity index (χ2v) is 5.74. The molecule has 0 bridgehead atoms. The number of nitrogens with zero attached hydrogens (tertiary/aromatic N) is 1. The molecule has 1 unspecified atom stereocenters. The summed E-state index contributed by atoms with van der Waals surface area (Å²) >= 11 is 0. The zero-order chi connectivity index (χ0) is 14.4. The number of piperidine rings is 1. The quantitative estimate of drug-likeness (QED) is 0.799. The molecule has 19 heavy (non-hydrogen) atoms. The molecule has 1 fully saturated rings. The Bertz CT molecular complexity index is 309. The molecule has 0 spiro atoms. The monoisotopic (exact) mass is 271 g/mol. The van der Waals surface area contributed by atoms with Crippen LogP contribution in [-0.4, -0.2) is 47.7 Å². The number of amides is 1. The molecule has 1 amide bonds. The summed E-state index contributed by atoms with van der Waals surface area (Å²) in [5.74, 6) is -0.533. The zero-order valence-electron chi connectivity index (χ0n) is 12.1. The molecule has 110 valence electrons. The number of aliphatic carboxylic acids is 1. The predicted octanol–water partition coefficient (Wildman–Crippen LogP) is 1.76. The van der Waals surface area contributed by atoms with Crippen molar-refractivity contribution >= 4 is 11.9 Å². The van der Waals surface area contributed by atoms with E-state index in [2.05, 4.69) is 13.8 Å². The lowest BCUT2D eigenvalue weighted by atomic mass is 9.97. The average Bonchev–Trinajstić information content (AvgIpc) is 2.35. The van der Waals surface area contributed by atoms with Crippen LogP contribution in [0.2, 0.25) is 0 Å². The Kier molecular flexibility index (Phi) is 6.28. The van der Waals surface area contributed by atoms with Crippen LogP contribution < -0.4 is 0 Å². The van der Waals surface area contributed by atoms with Crippen molar-refractivity contribution < 1.29 is 19.4 Å². The van der Waals surface area contributed by atoms with Crippen LogP contribution in [0.1, 0.15) is 40.0 Å². The Hall–Kier alpha value is -1.10. The van der Waals surface area contributed by atoms with Crippen molar-refractivity contribution in [3.63, 3.8) is 0 Å².